The van der Waals surface area contributed by atoms with E-state index in [1.807, 2.05) is 0 Å². The quantitative estimate of drug-likeness (QED) is 0.0527. The first-order valence-corrected chi connectivity index (χ1v) is 22.3. The molecule has 15 heteroatoms. The molecule has 4 saturated heterocycles. The maximum atomic E-state index is 14.0. The highest BCUT2D eigenvalue weighted by molar-refractivity contribution is 5.91. The molecule has 15 nitrogen and oxygen atoms in total. The largest absolute Gasteiger partial charge is 0.463 e. The number of carbonyl (C=O) groups excluding carboxylic acids is 4. The number of rotatable bonds is 11. The third kappa shape index (κ3) is 8.19. The number of azide groups is 1. The normalized spacial score (nSPS) is 40.1. The van der Waals surface area contributed by atoms with Crippen LogP contribution in [0.5, 0.6) is 0 Å². The zero-order chi connectivity index (χ0) is 44.1. The Morgan fingerprint density at radius 3 is 2.42 bits per heavy atom. The minimum atomic E-state index is -1.42. The van der Waals surface area contributed by atoms with Gasteiger partial charge in [0.1, 0.15) is 12.7 Å². The summed E-state index contributed by atoms with van der Waals surface area (Å²) in [6.07, 6.45) is 4.36. The summed E-state index contributed by atoms with van der Waals surface area (Å²) in [4.78, 5) is 54.1. The van der Waals surface area contributed by atoms with Crippen LogP contribution in [0.15, 0.2) is 52.7 Å². The number of allylic oxidation sites excluding steroid dienone is 2. The van der Waals surface area contributed by atoms with E-state index in [-0.39, 0.29) is 54.0 Å². The van der Waals surface area contributed by atoms with Crippen molar-refractivity contribution in [2.45, 2.75) is 149 Å². The van der Waals surface area contributed by atoms with Gasteiger partial charge in [0.15, 0.2) is 30.9 Å². The summed E-state index contributed by atoms with van der Waals surface area (Å²) in [5, 5.41) is 3.62. The molecule has 336 valence electrons. The fourth-order valence-electron chi connectivity index (χ4n) is 13.1. The molecular formula is C47H61N3O12. The second-order valence-electron chi connectivity index (χ2n) is 19.2. The van der Waals surface area contributed by atoms with Gasteiger partial charge < -0.3 is 37.9 Å². The zero-order valence-electron chi connectivity index (χ0n) is 36.9. The summed E-state index contributed by atoms with van der Waals surface area (Å²) < 4.78 is 49.7. The van der Waals surface area contributed by atoms with Gasteiger partial charge in [-0.1, -0.05) is 60.5 Å². The Morgan fingerprint density at radius 1 is 0.935 bits per heavy atom. The van der Waals surface area contributed by atoms with E-state index in [0.29, 0.717) is 48.0 Å². The lowest BCUT2D eigenvalue weighted by atomic mass is 9.46. The van der Waals surface area contributed by atoms with Crippen LogP contribution in [0.2, 0.25) is 0 Å². The van der Waals surface area contributed by atoms with Crippen LogP contribution < -0.4 is 0 Å². The Kier molecular flexibility index (Phi) is 12.7. The topological polar surface area (TPSA) is 191 Å². The van der Waals surface area contributed by atoms with Crippen molar-refractivity contribution in [2.24, 2.45) is 51.5 Å². The van der Waals surface area contributed by atoms with Crippen LogP contribution in [0.25, 0.3) is 10.4 Å². The van der Waals surface area contributed by atoms with Crippen molar-refractivity contribution in [2.75, 3.05) is 13.2 Å². The summed E-state index contributed by atoms with van der Waals surface area (Å²) in [6, 6.07) is 6.51. The summed E-state index contributed by atoms with van der Waals surface area (Å²) in [5.74, 6) is -0.0893. The van der Waals surface area contributed by atoms with E-state index in [2.05, 4.69) is 49.9 Å². The van der Waals surface area contributed by atoms with Crippen LogP contribution in [-0.2, 0) is 58.8 Å². The smallest absolute Gasteiger partial charge is 0.339 e. The number of hydrogen-bond donors (Lipinski definition) is 0. The second-order valence-corrected chi connectivity index (χ2v) is 19.2. The van der Waals surface area contributed by atoms with Crippen molar-refractivity contribution in [1.29, 1.82) is 0 Å². The molecule has 4 heterocycles. The van der Waals surface area contributed by atoms with Crippen LogP contribution in [0.3, 0.4) is 0 Å². The number of benzene rings is 1. The van der Waals surface area contributed by atoms with Gasteiger partial charge in [-0.3, -0.25) is 14.4 Å². The highest BCUT2D eigenvalue weighted by Crippen LogP contribution is 2.70. The first-order chi connectivity index (χ1) is 29.6. The van der Waals surface area contributed by atoms with Gasteiger partial charge in [-0.2, -0.15) is 0 Å². The van der Waals surface area contributed by atoms with Crippen molar-refractivity contribution < 1.29 is 57.1 Å². The monoisotopic (exact) mass is 859 g/mol. The van der Waals surface area contributed by atoms with E-state index in [0.717, 1.165) is 38.7 Å². The van der Waals surface area contributed by atoms with Gasteiger partial charge in [-0.15, -0.1) is 0 Å². The lowest BCUT2D eigenvalue weighted by Gasteiger charge is -2.59. The molecule has 0 unspecified atom stereocenters. The van der Waals surface area contributed by atoms with Crippen LogP contribution in [-0.4, -0.2) is 86.3 Å². The highest BCUT2D eigenvalue weighted by Gasteiger charge is 2.68. The fourth-order valence-corrected chi connectivity index (χ4v) is 13.1. The third-order valence-electron chi connectivity index (χ3n) is 15.5. The predicted octanol–water partition coefficient (Wildman–Crippen LogP) is 7.70. The van der Waals surface area contributed by atoms with E-state index in [1.165, 1.54) is 38.0 Å². The molecule has 16 atom stereocenters. The predicted molar refractivity (Wildman–Crippen MR) is 221 cm³/mol. The number of esters is 4. The molecule has 62 heavy (non-hydrogen) atoms. The molecule has 8 aliphatic rings. The second kappa shape index (κ2) is 17.7. The third-order valence-corrected chi connectivity index (χ3v) is 15.5. The molecule has 0 amide bonds. The summed E-state index contributed by atoms with van der Waals surface area (Å²) in [6.45, 7) is 13.1. The van der Waals surface area contributed by atoms with Crippen molar-refractivity contribution >= 4 is 23.9 Å². The molecule has 1 aromatic rings. The van der Waals surface area contributed by atoms with Crippen LogP contribution >= 0.6 is 0 Å². The van der Waals surface area contributed by atoms with Crippen molar-refractivity contribution in [3.05, 3.63) is 69.1 Å². The average Bonchev–Trinajstić information content (AvgIpc) is 3.41. The van der Waals surface area contributed by atoms with Gasteiger partial charge in [0.05, 0.1) is 30.9 Å². The zero-order valence-corrected chi connectivity index (χ0v) is 36.9. The van der Waals surface area contributed by atoms with E-state index in [4.69, 9.17) is 43.4 Å². The Bertz CT molecular complexity index is 2030. The van der Waals surface area contributed by atoms with E-state index < -0.39 is 54.6 Å². The first-order valence-electron chi connectivity index (χ1n) is 22.3. The lowest BCUT2D eigenvalue weighted by molar-refractivity contribution is -0.315. The fraction of sp³-hybridized carbons (Fsp3) is 0.702. The minimum Gasteiger partial charge on any atom is -0.463 e. The van der Waals surface area contributed by atoms with Crippen LogP contribution in [0, 0.1) is 46.3 Å². The van der Waals surface area contributed by atoms with Gasteiger partial charge in [-0.25, -0.2) is 4.79 Å². The number of ether oxygens (including phenoxy) is 8. The van der Waals surface area contributed by atoms with Crippen LogP contribution in [0.4, 0.5) is 0 Å². The molecule has 1 spiro atoms. The van der Waals surface area contributed by atoms with Crippen molar-refractivity contribution in [3.63, 3.8) is 0 Å². The molecule has 7 fully saturated rings. The average molecular weight is 860 g/mol. The molecular weight excluding hydrogens is 799 g/mol. The van der Waals surface area contributed by atoms with Gasteiger partial charge in [0, 0.05) is 37.0 Å². The SMILES string of the molecule is CC(=O)OC[C@H]1O[C@H](O[C@H]2CC[C@@]3(C)C(=CC[C@H]4[C@@H]5C[C@@H]6O[C@@H]7OC[C@@]5(CC[C@@H]43)[C@H]6[C@H](C)[C@H]7C=C(C)C)C2)[C@H](OC(=O)c2ccccc2CN=[N+]=[N-])[C@@H](OC(C)=O)[C@@H]1OC(C)=O. The Morgan fingerprint density at radius 2 is 1.69 bits per heavy atom. The summed E-state index contributed by atoms with van der Waals surface area (Å²) in [7, 11) is 0. The first kappa shape index (κ1) is 44.3. The molecule has 0 aromatic heterocycles. The standard InChI is InChI=1S/C47H61N3O12/c1-24(2)18-34-25(3)39-37-20-36-33-13-12-30-19-31(14-16-46(30,7)35(33)15-17-47(36,39)23-56-44(34)60-37)59-45-42(62-43(54)32-11-9-8-10-29(32)21-49-50-48)41(58-28(6)53)40(57-27(5)52)38(61-45)22-55-26(4)51/h8-12,18,25,31,33-42,44-45H,13-17,19-23H2,1-7H3/t25-,31+,33-,34-,35+,36+,37+,38-,39+,40-,41+,42-,44+,45+,46+,47-/m1/s1. The molecule has 0 radical (unpaired) electrons. The maximum absolute atomic E-state index is 14.0. The van der Waals surface area contributed by atoms with E-state index >= 15 is 0 Å². The van der Waals surface area contributed by atoms with Gasteiger partial charge in [0.2, 0.25) is 0 Å². The van der Waals surface area contributed by atoms with Crippen molar-refractivity contribution in [1.82, 2.24) is 0 Å². The molecule has 1 aromatic carbocycles. The van der Waals surface area contributed by atoms with Crippen molar-refractivity contribution in [3.8, 4) is 0 Å². The molecule has 4 bridgehead atoms. The highest BCUT2D eigenvalue weighted by atomic mass is 16.7. The Labute approximate surface area is 363 Å². The number of carbonyl (C=O) groups is 4. The number of hydrogen-bond acceptors (Lipinski definition) is 13. The van der Waals surface area contributed by atoms with Crippen LogP contribution in [0.1, 0.15) is 109 Å². The minimum absolute atomic E-state index is 0.0409. The summed E-state index contributed by atoms with van der Waals surface area (Å²) >= 11 is 0. The van der Waals surface area contributed by atoms with Gasteiger partial charge in [0.25, 0.3) is 0 Å². The number of fused-ring (bicyclic) bond motifs is 6. The molecule has 3 saturated carbocycles. The number of nitrogens with zero attached hydrogens (tertiary/aromatic N) is 3. The van der Waals surface area contributed by atoms with Gasteiger partial charge >= 0.3 is 23.9 Å². The van der Waals surface area contributed by atoms with E-state index in [1.54, 1.807) is 18.2 Å². The summed E-state index contributed by atoms with van der Waals surface area (Å²) in [5.41, 5.74) is 12.2. The Hall–Kier alpha value is -4.27. The lowest BCUT2D eigenvalue weighted by Crippen LogP contribution is -2.63. The maximum Gasteiger partial charge on any atom is 0.339 e. The molecule has 9 rings (SSSR count). The van der Waals surface area contributed by atoms with Gasteiger partial charge in [-0.05, 0) is 111 Å². The molecule has 0 N–H and O–H groups in total. The Balaban J connectivity index is 1.06. The van der Waals surface area contributed by atoms with E-state index in [9.17, 15) is 19.2 Å². The molecule has 4 aliphatic heterocycles. The molecule has 4 aliphatic carbocycles.